The number of fused-ring (bicyclic) bond motifs is 1. The van der Waals surface area contributed by atoms with Crippen LogP contribution in [0.2, 0.25) is 0 Å². The molecule has 2 aromatic heterocycles. The lowest BCUT2D eigenvalue weighted by Gasteiger charge is -2.36. The Morgan fingerprint density at radius 3 is 3.04 bits per heavy atom. The number of aryl methyl sites for hydroxylation is 2. The van der Waals surface area contributed by atoms with E-state index in [1.807, 2.05) is 29.7 Å². The highest BCUT2D eigenvalue weighted by molar-refractivity contribution is 5.85. The Hall–Kier alpha value is -2.89. The van der Waals surface area contributed by atoms with E-state index in [9.17, 15) is 4.79 Å². The van der Waals surface area contributed by atoms with Crippen molar-refractivity contribution in [3.63, 3.8) is 0 Å². The molecule has 1 aliphatic rings. The zero-order chi connectivity index (χ0) is 19.3. The molecule has 146 valence electrons. The zero-order valence-corrected chi connectivity index (χ0v) is 16.3. The van der Waals surface area contributed by atoms with Crippen LogP contribution >= 0.6 is 0 Å². The molecule has 2 amide bonds. The van der Waals surface area contributed by atoms with Crippen LogP contribution in [0.25, 0.3) is 10.9 Å². The minimum Gasteiger partial charge on any atom is -0.337 e. The van der Waals surface area contributed by atoms with Crippen LogP contribution in [-0.4, -0.2) is 38.1 Å². The molecule has 4 rings (SSSR count). The number of likely N-dealkylation sites (tertiary alicyclic amines) is 1. The lowest BCUT2D eigenvalue weighted by atomic mass is 9.99. The van der Waals surface area contributed by atoms with Gasteiger partial charge in [0.1, 0.15) is 0 Å². The van der Waals surface area contributed by atoms with Gasteiger partial charge in [-0.1, -0.05) is 18.2 Å². The van der Waals surface area contributed by atoms with E-state index in [4.69, 9.17) is 0 Å². The summed E-state index contributed by atoms with van der Waals surface area (Å²) in [5.74, 6) is 0. The van der Waals surface area contributed by atoms with Gasteiger partial charge in [-0.25, -0.2) is 9.78 Å². The molecule has 0 bridgehead atoms. The van der Waals surface area contributed by atoms with Crippen LogP contribution in [-0.2, 0) is 13.1 Å². The van der Waals surface area contributed by atoms with E-state index < -0.39 is 0 Å². The molecule has 0 radical (unpaired) electrons. The van der Waals surface area contributed by atoms with Gasteiger partial charge in [-0.05, 0) is 49.8 Å². The first-order valence-corrected chi connectivity index (χ1v) is 10.1. The molecule has 28 heavy (non-hydrogen) atoms. The maximum atomic E-state index is 12.9. The van der Waals surface area contributed by atoms with Gasteiger partial charge < -0.3 is 14.8 Å². The largest absolute Gasteiger partial charge is 0.337 e. The summed E-state index contributed by atoms with van der Waals surface area (Å²) in [6, 6.07) is 8.51. The summed E-state index contributed by atoms with van der Waals surface area (Å²) in [5.41, 5.74) is 3.26. The maximum Gasteiger partial charge on any atom is 0.317 e. The van der Waals surface area contributed by atoms with Gasteiger partial charge in [-0.3, -0.25) is 4.98 Å². The topological polar surface area (TPSA) is 63.1 Å². The summed E-state index contributed by atoms with van der Waals surface area (Å²) in [7, 11) is 0. The smallest absolute Gasteiger partial charge is 0.317 e. The van der Waals surface area contributed by atoms with Gasteiger partial charge in [0, 0.05) is 49.7 Å². The predicted molar refractivity (Wildman–Crippen MR) is 110 cm³/mol. The van der Waals surface area contributed by atoms with E-state index >= 15 is 0 Å². The Morgan fingerprint density at radius 1 is 1.25 bits per heavy atom. The molecule has 3 aromatic rings. The first kappa shape index (κ1) is 18.5. The number of piperidine rings is 1. The first-order chi connectivity index (χ1) is 13.7. The molecule has 6 nitrogen and oxygen atoms in total. The predicted octanol–water partition coefficient (Wildman–Crippen LogP) is 3.89. The van der Waals surface area contributed by atoms with Crippen molar-refractivity contribution < 1.29 is 4.79 Å². The van der Waals surface area contributed by atoms with Gasteiger partial charge in [0.2, 0.25) is 0 Å². The number of amides is 2. The Kier molecular flexibility index (Phi) is 5.55. The highest BCUT2D eigenvalue weighted by Gasteiger charge is 2.26. The molecule has 1 aromatic carbocycles. The monoisotopic (exact) mass is 377 g/mol. The molecule has 1 N–H and O–H groups in total. The number of hydrogen-bond acceptors (Lipinski definition) is 3. The van der Waals surface area contributed by atoms with Crippen molar-refractivity contribution in [2.45, 2.75) is 51.7 Å². The van der Waals surface area contributed by atoms with Crippen LogP contribution < -0.4 is 5.32 Å². The number of hydrogen-bond donors (Lipinski definition) is 1. The third-order valence-electron chi connectivity index (χ3n) is 5.66. The van der Waals surface area contributed by atoms with Crippen LogP contribution in [0.3, 0.4) is 0 Å². The van der Waals surface area contributed by atoms with E-state index in [2.05, 4.69) is 45.0 Å². The molecular weight excluding hydrogens is 350 g/mol. The van der Waals surface area contributed by atoms with Crippen molar-refractivity contribution in [1.82, 2.24) is 24.8 Å². The number of pyridine rings is 1. The molecule has 0 spiro atoms. The second kappa shape index (κ2) is 8.42. The number of carbonyl (C=O) groups excluding carboxylic acids is 1. The summed E-state index contributed by atoms with van der Waals surface area (Å²) in [4.78, 5) is 23.5. The van der Waals surface area contributed by atoms with E-state index in [1.54, 1.807) is 6.20 Å². The van der Waals surface area contributed by atoms with Crippen molar-refractivity contribution >= 4 is 16.9 Å². The first-order valence-electron chi connectivity index (χ1n) is 10.1. The third kappa shape index (κ3) is 4.01. The average Bonchev–Trinajstić information content (AvgIpc) is 3.26. The summed E-state index contributed by atoms with van der Waals surface area (Å²) in [5, 5.41) is 4.25. The van der Waals surface area contributed by atoms with Gasteiger partial charge in [-0.2, -0.15) is 0 Å². The Labute approximate surface area is 165 Å². The molecule has 1 atom stereocenters. The van der Waals surface area contributed by atoms with Gasteiger partial charge in [0.15, 0.2) is 0 Å². The lowest BCUT2D eigenvalue weighted by Crippen LogP contribution is -2.48. The molecule has 3 heterocycles. The molecule has 1 aliphatic heterocycles. The van der Waals surface area contributed by atoms with Crippen molar-refractivity contribution in [1.29, 1.82) is 0 Å². The number of rotatable bonds is 5. The van der Waals surface area contributed by atoms with Crippen molar-refractivity contribution in [2.24, 2.45) is 0 Å². The van der Waals surface area contributed by atoms with Gasteiger partial charge in [0.05, 0.1) is 11.8 Å². The Bertz CT molecular complexity index is 937. The molecule has 0 aliphatic carbocycles. The average molecular weight is 377 g/mol. The Balaban J connectivity index is 1.41. The second-order valence-electron chi connectivity index (χ2n) is 7.53. The van der Waals surface area contributed by atoms with E-state index in [0.717, 1.165) is 54.4 Å². The number of nitrogens with one attached hydrogen (secondary N) is 1. The van der Waals surface area contributed by atoms with E-state index in [0.29, 0.717) is 6.54 Å². The highest BCUT2D eigenvalue weighted by atomic mass is 16.2. The van der Waals surface area contributed by atoms with E-state index in [1.165, 1.54) is 6.42 Å². The molecule has 1 fully saturated rings. The van der Waals surface area contributed by atoms with Crippen LogP contribution in [0, 0.1) is 6.92 Å². The SMILES string of the molecule is Cc1ccc(CNC(=O)N2CCCC[C@@H]2CCn2ccnc2)c2cccnc12. The summed E-state index contributed by atoms with van der Waals surface area (Å²) < 4.78 is 2.08. The number of carbonyl (C=O) groups is 1. The van der Waals surface area contributed by atoms with Crippen molar-refractivity contribution in [3.8, 4) is 0 Å². The minimum absolute atomic E-state index is 0.0351. The van der Waals surface area contributed by atoms with Crippen molar-refractivity contribution in [2.75, 3.05) is 6.54 Å². The molecule has 0 saturated carbocycles. The van der Waals surface area contributed by atoms with Crippen LogP contribution in [0.1, 0.15) is 36.8 Å². The quantitative estimate of drug-likeness (QED) is 0.734. The van der Waals surface area contributed by atoms with Crippen LogP contribution in [0.4, 0.5) is 4.79 Å². The summed E-state index contributed by atoms with van der Waals surface area (Å²) >= 11 is 0. The zero-order valence-electron chi connectivity index (χ0n) is 16.3. The summed E-state index contributed by atoms with van der Waals surface area (Å²) in [6.07, 6.45) is 11.7. The summed E-state index contributed by atoms with van der Waals surface area (Å²) in [6.45, 7) is 4.31. The normalized spacial score (nSPS) is 17.0. The number of nitrogens with zero attached hydrogens (tertiary/aromatic N) is 4. The maximum absolute atomic E-state index is 12.9. The standard InChI is InChI=1S/C22H27N5O/c1-17-7-8-18(20-6-4-10-24-21(17)20)15-25-22(28)27-12-3-2-5-19(27)9-13-26-14-11-23-16-26/h4,6-8,10-11,14,16,19H,2-3,5,9,12-13,15H2,1H3,(H,25,28)/t19-/m1/s1. The molecule has 1 saturated heterocycles. The molecular formula is C22H27N5O. The number of urea groups is 1. The number of aromatic nitrogens is 3. The highest BCUT2D eigenvalue weighted by Crippen LogP contribution is 2.22. The second-order valence-corrected chi connectivity index (χ2v) is 7.53. The fourth-order valence-electron chi connectivity index (χ4n) is 4.08. The van der Waals surface area contributed by atoms with E-state index in [-0.39, 0.29) is 12.1 Å². The fraction of sp³-hybridized carbons (Fsp3) is 0.409. The van der Waals surface area contributed by atoms with Crippen LogP contribution in [0.15, 0.2) is 49.2 Å². The minimum atomic E-state index is 0.0351. The lowest BCUT2D eigenvalue weighted by molar-refractivity contribution is 0.143. The van der Waals surface area contributed by atoms with Crippen LogP contribution in [0.5, 0.6) is 0 Å². The number of imidazole rings is 1. The van der Waals surface area contributed by atoms with Gasteiger partial charge >= 0.3 is 6.03 Å². The van der Waals surface area contributed by atoms with Gasteiger partial charge in [-0.15, -0.1) is 0 Å². The van der Waals surface area contributed by atoms with Crippen molar-refractivity contribution in [3.05, 3.63) is 60.3 Å². The Morgan fingerprint density at radius 2 is 2.18 bits per heavy atom. The number of benzene rings is 1. The molecule has 6 heteroatoms. The molecule has 0 unspecified atom stereocenters. The van der Waals surface area contributed by atoms with Gasteiger partial charge in [0.25, 0.3) is 0 Å². The fourth-order valence-corrected chi connectivity index (χ4v) is 4.08. The third-order valence-corrected chi connectivity index (χ3v) is 5.66.